The zero-order valence-corrected chi connectivity index (χ0v) is 6.51. The van der Waals surface area contributed by atoms with Crippen LogP contribution in [0, 0.1) is 0 Å². The third kappa shape index (κ3) is 2.42. The Morgan fingerprint density at radius 3 is 2.90 bits per heavy atom. The van der Waals surface area contributed by atoms with Crippen molar-refractivity contribution < 1.29 is 4.74 Å². The second kappa shape index (κ2) is 3.64. The highest BCUT2D eigenvalue weighted by Gasteiger charge is 2.06. The molecule has 0 aromatic rings. The molecule has 0 aromatic carbocycles. The van der Waals surface area contributed by atoms with Crippen molar-refractivity contribution in [2.45, 2.75) is 18.7 Å². The van der Waals surface area contributed by atoms with E-state index in [9.17, 15) is 0 Å². The van der Waals surface area contributed by atoms with Gasteiger partial charge < -0.3 is 10.1 Å². The van der Waals surface area contributed by atoms with E-state index in [4.69, 9.17) is 16.3 Å². The van der Waals surface area contributed by atoms with Gasteiger partial charge in [0.1, 0.15) is 11.8 Å². The zero-order chi connectivity index (χ0) is 7.40. The first kappa shape index (κ1) is 7.63. The Kier molecular flexibility index (Phi) is 2.78. The van der Waals surface area contributed by atoms with Crippen LogP contribution in [0.25, 0.3) is 0 Å². The molecule has 0 saturated carbocycles. The first-order valence-corrected chi connectivity index (χ1v) is 3.61. The molecule has 0 aromatic heterocycles. The molecule has 1 N–H and O–H groups in total. The number of halogens is 1. The van der Waals surface area contributed by atoms with Crippen molar-refractivity contribution in [2.75, 3.05) is 0 Å². The maximum atomic E-state index is 5.59. The molecule has 0 bridgehead atoms. The monoisotopic (exact) mass is 159 g/mol. The minimum Gasteiger partial charge on any atom is -0.363 e. The molecule has 0 radical (unpaired) electrons. The van der Waals surface area contributed by atoms with Crippen LogP contribution in [-0.2, 0) is 4.74 Å². The van der Waals surface area contributed by atoms with Crippen molar-refractivity contribution in [3.63, 3.8) is 0 Å². The lowest BCUT2D eigenvalue weighted by molar-refractivity contribution is 0.0573. The lowest BCUT2D eigenvalue weighted by atomic mass is 10.4. The van der Waals surface area contributed by atoms with Crippen molar-refractivity contribution in [3.05, 3.63) is 24.4 Å². The first-order valence-electron chi connectivity index (χ1n) is 3.18. The number of rotatable bonds is 2. The van der Waals surface area contributed by atoms with Crippen LogP contribution < -0.4 is 5.32 Å². The number of hydrogen-bond donors (Lipinski definition) is 1. The molecular formula is C7H10ClNO. The van der Waals surface area contributed by atoms with Crippen LogP contribution in [0.15, 0.2) is 24.4 Å². The highest BCUT2D eigenvalue weighted by molar-refractivity contribution is 6.19. The van der Waals surface area contributed by atoms with Crippen LogP contribution in [0.4, 0.5) is 0 Å². The quantitative estimate of drug-likeness (QED) is 0.618. The van der Waals surface area contributed by atoms with Crippen molar-refractivity contribution in [1.82, 2.24) is 5.32 Å². The van der Waals surface area contributed by atoms with E-state index in [0.29, 0.717) is 0 Å². The molecule has 0 saturated heterocycles. The fourth-order valence-corrected chi connectivity index (χ4v) is 0.824. The SMILES string of the molecule is CC(Cl)OC1C=CC=CN1. The van der Waals surface area contributed by atoms with Gasteiger partial charge in [-0.1, -0.05) is 17.7 Å². The van der Waals surface area contributed by atoms with Gasteiger partial charge in [-0.25, -0.2) is 0 Å². The van der Waals surface area contributed by atoms with Gasteiger partial charge in [-0.15, -0.1) is 0 Å². The van der Waals surface area contributed by atoms with Gasteiger partial charge >= 0.3 is 0 Å². The first-order chi connectivity index (χ1) is 4.79. The van der Waals surface area contributed by atoms with Gasteiger partial charge in [0.25, 0.3) is 0 Å². The van der Waals surface area contributed by atoms with Crippen LogP contribution in [0.5, 0.6) is 0 Å². The molecule has 1 rings (SSSR count). The van der Waals surface area contributed by atoms with Crippen molar-refractivity contribution >= 4 is 11.6 Å². The van der Waals surface area contributed by atoms with Crippen LogP contribution in [0.1, 0.15) is 6.92 Å². The van der Waals surface area contributed by atoms with E-state index in [0.717, 1.165) is 0 Å². The highest BCUT2D eigenvalue weighted by Crippen LogP contribution is 2.03. The smallest absolute Gasteiger partial charge is 0.148 e. The van der Waals surface area contributed by atoms with Gasteiger partial charge in [0.05, 0.1) is 0 Å². The van der Waals surface area contributed by atoms with Gasteiger partial charge in [0, 0.05) is 0 Å². The summed E-state index contributed by atoms with van der Waals surface area (Å²) in [5.74, 6) is 0. The molecule has 0 spiro atoms. The molecular weight excluding hydrogens is 150 g/mol. The van der Waals surface area contributed by atoms with Gasteiger partial charge in [-0.3, -0.25) is 0 Å². The summed E-state index contributed by atoms with van der Waals surface area (Å²) in [5, 5.41) is 2.98. The summed E-state index contributed by atoms with van der Waals surface area (Å²) in [4.78, 5) is 0. The Balaban J connectivity index is 2.30. The number of nitrogens with one attached hydrogen (secondary N) is 1. The Morgan fingerprint density at radius 2 is 2.40 bits per heavy atom. The molecule has 0 aliphatic carbocycles. The molecule has 0 amide bonds. The molecule has 56 valence electrons. The zero-order valence-electron chi connectivity index (χ0n) is 5.75. The molecule has 1 heterocycles. The molecule has 3 heteroatoms. The van der Waals surface area contributed by atoms with Crippen LogP contribution in [0.3, 0.4) is 0 Å². The average molecular weight is 160 g/mol. The van der Waals surface area contributed by atoms with Crippen molar-refractivity contribution in [1.29, 1.82) is 0 Å². The normalized spacial score (nSPS) is 26.0. The molecule has 10 heavy (non-hydrogen) atoms. The number of allylic oxidation sites excluding steroid dienone is 2. The largest absolute Gasteiger partial charge is 0.363 e. The number of hydrogen-bond acceptors (Lipinski definition) is 2. The summed E-state index contributed by atoms with van der Waals surface area (Å²) in [7, 11) is 0. The molecule has 1 aliphatic heterocycles. The summed E-state index contributed by atoms with van der Waals surface area (Å²) in [5.41, 5.74) is -0.256. The Morgan fingerprint density at radius 1 is 1.60 bits per heavy atom. The van der Waals surface area contributed by atoms with Crippen LogP contribution in [0.2, 0.25) is 0 Å². The summed E-state index contributed by atoms with van der Waals surface area (Å²) < 4.78 is 5.21. The Bertz CT molecular complexity index is 154. The number of ether oxygens (including phenoxy) is 1. The molecule has 2 unspecified atom stereocenters. The fraction of sp³-hybridized carbons (Fsp3) is 0.429. The molecule has 1 aliphatic rings. The Labute approximate surface area is 65.5 Å². The van der Waals surface area contributed by atoms with Gasteiger partial charge in [-0.05, 0) is 25.3 Å². The highest BCUT2D eigenvalue weighted by atomic mass is 35.5. The van der Waals surface area contributed by atoms with E-state index in [1.807, 2.05) is 24.4 Å². The van der Waals surface area contributed by atoms with E-state index in [1.54, 1.807) is 6.92 Å². The maximum absolute atomic E-state index is 5.59. The van der Waals surface area contributed by atoms with E-state index < -0.39 is 0 Å². The van der Waals surface area contributed by atoms with E-state index in [2.05, 4.69) is 5.32 Å². The average Bonchev–Trinajstić information content (AvgIpc) is 1.88. The van der Waals surface area contributed by atoms with E-state index >= 15 is 0 Å². The van der Waals surface area contributed by atoms with E-state index in [1.165, 1.54) is 0 Å². The summed E-state index contributed by atoms with van der Waals surface area (Å²) in [6, 6.07) is 0. The summed E-state index contributed by atoms with van der Waals surface area (Å²) >= 11 is 5.59. The minimum absolute atomic E-state index is 0.0718. The second-order valence-electron chi connectivity index (χ2n) is 2.01. The van der Waals surface area contributed by atoms with Gasteiger partial charge in [-0.2, -0.15) is 0 Å². The Hall–Kier alpha value is -0.470. The molecule has 0 fully saturated rings. The van der Waals surface area contributed by atoms with Crippen LogP contribution >= 0.6 is 11.6 Å². The predicted octanol–water partition coefficient (Wildman–Crippen LogP) is 1.59. The predicted molar refractivity (Wildman–Crippen MR) is 41.6 cm³/mol. The maximum Gasteiger partial charge on any atom is 0.148 e. The van der Waals surface area contributed by atoms with Gasteiger partial charge in [0.15, 0.2) is 0 Å². The van der Waals surface area contributed by atoms with Gasteiger partial charge in [0.2, 0.25) is 0 Å². The van der Waals surface area contributed by atoms with Crippen LogP contribution in [-0.4, -0.2) is 11.8 Å². The second-order valence-corrected chi connectivity index (χ2v) is 2.62. The standard InChI is InChI=1S/C7H10ClNO/c1-6(8)10-7-4-2-3-5-9-7/h2-7,9H,1H3. The fourth-order valence-electron chi connectivity index (χ4n) is 0.713. The third-order valence-electron chi connectivity index (χ3n) is 1.09. The van der Waals surface area contributed by atoms with Crippen molar-refractivity contribution in [3.8, 4) is 0 Å². The summed E-state index contributed by atoms with van der Waals surface area (Å²) in [6.45, 7) is 1.79. The summed E-state index contributed by atoms with van der Waals surface area (Å²) in [6.07, 6.45) is 7.47. The topological polar surface area (TPSA) is 21.3 Å². The minimum atomic E-state index is -0.256. The third-order valence-corrected chi connectivity index (χ3v) is 1.19. The van der Waals surface area contributed by atoms with Crippen molar-refractivity contribution in [2.24, 2.45) is 0 Å². The number of dihydropyridines is 1. The van der Waals surface area contributed by atoms with E-state index in [-0.39, 0.29) is 11.8 Å². The molecule has 2 nitrogen and oxygen atoms in total. The number of alkyl halides is 1. The lowest BCUT2D eigenvalue weighted by Crippen LogP contribution is -2.28. The lowest BCUT2D eigenvalue weighted by Gasteiger charge is -2.17. The molecule has 2 atom stereocenters.